The van der Waals surface area contributed by atoms with E-state index in [2.05, 4.69) is 61.8 Å². The molecular formula is C25H28ClN5O. The van der Waals surface area contributed by atoms with E-state index in [1.807, 2.05) is 24.4 Å². The molecule has 0 saturated carbocycles. The Kier molecular flexibility index (Phi) is 7.72. The van der Waals surface area contributed by atoms with Crippen molar-refractivity contribution in [3.05, 3.63) is 95.3 Å². The van der Waals surface area contributed by atoms with Crippen LogP contribution in [0, 0.1) is 0 Å². The fourth-order valence-electron chi connectivity index (χ4n) is 4.02. The van der Waals surface area contributed by atoms with Gasteiger partial charge in [0.15, 0.2) is 0 Å². The summed E-state index contributed by atoms with van der Waals surface area (Å²) in [6.07, 6.45) is 3.66. The highest BCUT2D eigenvalue weighted by Gasteiger charge is 2.25. The van der Waals surface area contributed by atoms with E-state index in [9.17, 15) is 4.79 Å². The van der Waals surface area contributed by atoms with Gasteiger partial charge in [0.25, 0.3) is 0 Å². The number of para-hydroxylation sites is 1. The molecular weight excluding hydrogens is 422 g/mol. The second kappa shape index (κ2) is 11.1. The molecule has 2 heterocycles. The van der Waals surface area contributed by atoms with Gasteiger partial charge in [0.1, 0.15) is 0 Å². The molecule has 0 unspecified atom stereocenters. The summed E-state index contributed by atoms with van der Waals surface area (Å²) < 4.78 is 0. The third kappa shape index (κ3) is 6.07. The van der Waals surface area contributed by atoms with Crippen LogP contribution in [-0.2, 0) is 6.54 Å². The monoisotopic (exact) mass is 449 g/mol. The molecule has 7 heteroatoms. The largest absolute Gasteiger partial charge is 0.336 e. The number of amides is 2. The zero-order valence-corrected chi connectivity index (χ0v) is 18.7. The van der Waals surface area contributed by atoms with E-state index in [0.29, 0.717) is 17.3 Å². The number of carbonyl (C=O) groups excluding carboxylic acids is 1. The zero-order valence-electron chi connectivity index (χ0n) is 18.0. The maximum absolute atomic E-state index is 12.5. The number of halogens is 1. The molecule has 2 aromatic carbocycles. The molecule has 2 amide bonds. The molecule has 3 aromatic rings. The third-order valence-electron chi connectivity index (χ3n) is 5.74. The average molecular weight is 450 g/mol. The molecule has 1 aromatic heterocycles. The van der Waals surface area contributed by atoms with E-state index in [4.69, 9.17) is 11.6 Å². The van der Waals surface area contributed by atoms with Crippen molar-refractivity contribution in [2.75, 3.05) is 38.0 Å². The van der Waals surface area contributed by atoms with Gasteiger partial charge in [-0.2, -0.15) is 0 Å². The van der Waals surface area contributed by atoms with E-state index in [1.54, 1.807) is 18.3 Å². The van der Waals surface area contributed by atoms with E-state index < -0.39 is 0 Å². The summed E-state index contributed by atoms with van der Waals surface area (Å²) in [5.41, 5.74) is 3.03. The van der Waals surface area contributed by atoms with Gasteiger partial charge < -0.3 is 10.6 Å². The van der Waals surface area contributed by atoms with Crippen molar-refractivity contribution in [1.82, 2.24) is 20.1 Å². The van der Waals surface area contributed by atoms with Crippen LogP contribution in [0.5, 0.6) is 0 Å². The van der Waals surface area contributed by atoms with Gasteiger partial charge >= 0.3 is 6.03 Å². The Hall–Kier alpha value is -2.93. The normalized spacial score (nSPS) is 15.8. The molecule has 2 N–H and O–H groups in total. The van der Waals surface area contributed by atoms with Crippen molar-refractivity contribution < 1.29 is 4.79 Å². The summed E-state index contributed by atoms with van der Waals surface area (Å²) in [6.45, 7) is 5.28. The van der Waals surface area contributed by atoms with Crippen molar-refractivity contribution in [1.29, 1.82) is 0 Å². The van der Waals surface area contributed by atoms with Crippen molar-refractivity contribution in [3.8, 4) is 0 Å². The maximum atomic E-state index is 12.5. The number of anilines is 1. The molecule has 0 radical (unpaired) electrons. The van der Waals surface area contributed by atoms with Gasteiger partial charge in [-0.05, 0) is 29.3 Å². The molecule has 0 aliphatic carbocycles. The lowest BCUT2D eigenvalue weighted by Crippen LogP contribution is -2.49. The molecule has 1 aliphatic rings. The van der Waals surface area contributed by atoms with Crippen LogP contribution in [0.15, 0.2) is 79.1 Å². The van der Waals surface area contributed by atoms with Crippen LogP contribution in [0.2, 0.25) is 5.02 Å². The molecule has 0 bridgehead atoms. The smallest absolute Gasteiger partial charge is 0.319 e. The minimum atomic E-state index is -0.269. The summed E-state index contributed by atoms with van der Waals surface area (Å²) >= 11 is 6.16. The highest BCUT2D eigenvalue weighted by molar-refractivity contribution is 6.33. The van der Waals surface area contributed by atoms with Gasteiger partial charge in [0.05, 0.1) is 16.8 Å². The number of nitrogens with one attached hydrogen (secondary N) is 2. The van der Waals surface area contributed by atoms with Crippen LogP contribution in [0.4, 0.5) is 10.5 Å². The zero-order chi connectivity index (χ0) is 22.2. The minimum Gasteiger partial charge on any atom is -0.336 e. The molecule has 32 heavy (non-hydrogen) atoms. The predicted molar refractivity (Wildman–Crippen MR) is 129 cm³/mol. The first kappa shape index (κ1) is 22.3. The molecule has 4 rings (SSSR count). The Bertz CT molecular complexity index is 993. The quantitative estimate of drug-likeness (QED) is 0.560. The van der Waals surface area contributed by atoms with Crippen LogP contribution in [0.3, 0.4) is 0 Å². The average Bonchev–Trinajstić information content (AvgIpc) is 2.83. The number of piperazine rings is 1. The fourth-order valence-corrected chi connectivity index (χ4v) is 4.21. The molecule has 166 valence electrons. The van der Waals surface area contributed by atoms with Crippen molar-refractivity contribution in [3.63, 3.8) is 0 Å². The Labute approximate surface area is 194 Å². The van der Waals surface area contributed by atoms with E-state index in [1.165, 1.54) is 5.56 Å². The van der Waals surface area contributed by atoms with E-state index in [-0.39, 0.29) is 12.1 Å². The van der Waals surface area contributed by atoms with Gasteiger partial charge in [0.2, 0.25) is 0 Å². The summed E-state index contributed by atoms with van der Waals surface area (Å²) in [7, 11) is 0. The second-order valence-electron chi connectivity index (χ2n) is 7.91. The molecule has 6 nitrogen and oxygen atoms in total. The first-order valence-corrected chi connectivity index (χ1v) is 11.3. The standard InChI is InChI=1S/C25H28ClN5O/c26-22-10-4-5-11-23(22)29-25(32)28-18-24(21-9-6-12-27-17-21)31-15-13-30(14-16-31)19-20-7-2-1-3-8-20/h1-12,17,24H,13-16,18-19H2,(H2,28,29,32)/t24-/m0/s1. The number of hydrogen-bond donors (Lipinski definition) is 2. The topological polar surface area (TPSA) is 60.5 Å². The van der Waals surface area contributed by atoms with Crippen LogP contribution in [-0.4, -0.2) is 53.5 Å². The molecule has 1 saturated heterocycles. The molecule has 0 spiro atoms. The first-order chi connectivity index (χ1) is 15.7. The predicted octanol–water partition coefficient (Wildman–Crippen LogP) is 4.42. The Morgan fingerprint density at radius 3 is 2.44 bits per heavy atom. The Morgan fingerprint density at radius 2 is 1.72 bits per heavy atom. The number of urea groups is 1. The summed E-state index contributed by atoms with van der Waals surface area (Å²) in [5.74, 6) is 0. The lowest BCUT2D eigenvalue weighted by Gasteiger charge is -2.39. The number of carbonyl (C=O) groups is 1. The van der Waals surface area contributed by atoms with Gasteiger partial charge in [-0.15, -0.1) is 0 Å². The van der Waals surface area contributed by atoms with Gasteiger partial charge in [0, 0.05) is 51.7 Å². The Balaban J connectivity index is 1.36. The summed E-state index contributed by atoms with van der Waals surface area (Å²) in [5, 5.41) is 6.36. The molecule has 1 fully saturated rings. The van der Waals surface area contributed by atoms with Crippen LogP contribution < -0.4 is 10.6 Å². The Morgan fingerprint density at radius 1 is 0.969 bits per heavy atom. The number of rotatable bonds is 7. The number of benzene rings is 2. The highest BCUT2D eigenvalue weighted by Crippen LogP contribution is 2.23. The number of aromatic nitrogens is 1. The third-order valence-corrected chi connectivity index (χ3v) is 6.07. The van der Waals surface area contributed by atoms with Crippen molar-refractivity contribution in [2.45, 2.75) is 12.6 Å². The van der Waals surface area contributed by atoms with Gasteiger partial charge in [-0.1, -0.05) is 60.1 Å². The van der Waals surface area contributed by atoms with Crippen molar-refractivity contribution in [2.24, 2.45) is 0 Å². The highest BCUT2D eigenvalue weighted by atomic mass is 35.5. The molecule has 1 atom stereocenters. The molecule has 1 aliphatic heterocycles. The summed E-state index contributed by atoms with van der Waals surface area (Å²) in [4.78, 5) is 21.7. The lowest BCUT2D eigenvalue weighted by atomic mass is 10.1. The lowest BCUT2D eigenvalue weighted by molar-refractivity contribution is 0.0916. The SMILES string of the molecule is O=C(NC[C@@H](c1cccnc1)N1CCN(Cc2ccccc2)CC1)Nc1ccccc1Cl. The van der Waals surface area contributed by atoms with Gasteiger partial charge in [-0.25, -0.2) is 4.79 Å². The van der Waals surface area contributed by atoms with E-state index >= 15 is 0 Å². The van der Waals surface area contributed by atoms with Gasteiger partial charge in [-0.3, -0.25) is 14.8 Å². The number of hydrogen-bond acceptors (Lipinski definition) is 4. The minimum absolute atomic E-state index is 0.0552. The van der Waals surface area contributed by atoms with Crippen LogP contribution in [0.25, 0.3) is 0 Å². The second-order valence-corrected chi connectivity index (χ2v) is 8.32. The summed E-state index contributed by atoms with van der Waals surface area (Å²) in [6, 6.07) is 21.6. The van der Waals surface area contributed by atoms with Crippen molar-refractivity contribution >= 4 is 23.3 Å². The fraction of sp³-hybridized carbons (Fsp3) is 0.280. The first-order valence-electron chi connectivity index (χ1n) is 10.9. The van der Waals surface area contributed by atoms with Crippen LogP contribution in [0.1, 0.15) is 17.2 Å². The maximum Gasteiger partial charge on any atom is 0.319 e. The van der Waals surface area contributed by atoms with E-state index in [0.717, 1.165) is 38.3 Å². The van der Waals surface area contributed by atoms with Crippen LogP contribution >= 0.6 is 11.6 Å². The number of nitrogens with zero attached hydrogens (tertiary/aromatic N) is 3. The number of pyridine rings is 1.